The van der Waals surface area contributed by atoms with Crippen molar-refractivity contribution in [3.05, 3.63) is 54.3 Å². The SMILES string of the molecule is Brc1cc(Br)cc(-c2ccc(Br)c(Br)c2)c1. The van der Waals surface area contributed by atoms with Gasteiger partial charge in [-0.2, -0.15) is 0 Å². The van der Waals surface area contributed by atoms with Crippen molar-refractivity contribution in [3.8, 4) is 11.1 Å². The lowest BCUT2D eigenvalue weighted by Crippen LogP contribution is -1.80. The highest BCUT2D eigenvalue weighted by atomic mass is 79.9. The van der Waals surface area contributed by atoms with E-state index in [4.69, 9.17) is 0 Å². The number of benzene rings is 2. The lowest BCUT2D eigenvalue weighted by atomic mass is 10.1. The Hall–Kier alpha value is 0.360. The van der Waals surface area contributed by atoms with Crippen LogP contribution in [0.3, 0.4) is 0 Å². The maximum absolute atomic E-state index is 3.51. The number of halogens is 4. The summed E-state index contributed by atoms with van der Waals surface area (Å²) < 4.78 is 4.25. The van der Waals surface area contributed by atoms with Gasteiger partial charge in [0, 0.05) is 17.9 Å². The Morgan fingerprint density at radius 1 is 0.562 bits per heavy atom. The molecule has 4 heteroatoms. The van der Waals surface area contributed by atoms with Gasteiger partial charge in [0.2, 0.25) is 0 Å². The molecule has 0 unspecified atom stereocenters. The van der Waals surface area contributed by atoms with E-state index < -0.39 is 0 Å². The van der Waals surface area contributed by atoms with Crippen LogP contribution in [0.1, 0.15) is 0 Å². The van der Waals surface area contributed by atoms with Gasteiger partial charge >= 0.3 is 0 Å². The lowest BCUT2D eigenvalue weighted by Gasteiger charge is -2.05. The summed E-state index contributed by atoms with van der Waals surface area (Å²) in [4.78, 5) is 0. The zero-order chi connectivity index (χ0) is 11.7. The molecule has 0 aliphatic rings. The van der Waals surface area contributed by atoms with Crippen molar-refractivity contribution >= 4 is 63.7 Å². The topological polar surface area (TPSA) is 0 Å². The van der Waals surface area contributed by atoms with E-state index in [-0.39, 0.29) is 0 Å². The van der Waals surface area contributed by atoms with Crippen LogP contribution in [0, 0.1) is 0 Å². The highest BCUT2D eigenvalue weighted by molar-refractivity contribution is 9.13. The fourth-order valence-corrected chi connectivity index (χ4v) is 3.32. The van der Waals surface area contributed by atoms with E-state index in [1.54, 1.807) is 0 Å². The molecule has 0 saturated carbocycles. The van der Waals surface area contributed by atoms with Crippen LogP contribution in [0.25, 0.3) is 11.1 Å². The minimum Gasteiger partial charge on any atom is -0.0532 e. The monoisotopic (exact) mass is 466 g/mol. The fraction of sp³-hybridized carbons (Fsp3) is 0. The summed E-state index contributed by atoms with van der Waals surface area (Å²) in [7, 11) is 0. The second-order valence-electron chi connectivity index (χ2n) is 3.29. The lowest BCUT2D eigenvalue weighted by molar-refractivity contribution is 1.53. The fourth-order valence-electron chi connectivity index (χ4n) is 1.40. The van der Waals surface area contributed by atoms with Gasteiger partial charge in [-0.1, -0.05) is 37.9 Å². The van der Waals surface area contributed by atoms with Crippen LogP contribution in [0.4, 0.5) is 0 Å². The summed E-state index contributed by atoms with van der Waals surface area (Å²) in [5, 5.41) is 0. The van der Waals surface area contributed by atoms with E-state index in [9.17, 15) is 0 Å². The van der Waals surface area contributed by atoms with E-state index in [0.29, 0.717) is 0 Å². The standard InChI is InChI=1S/C12H6Br4/c13-9-3-8(4-10(14)6-9)7-1-2-11(15)12(16)5-7/h1-6H. The van der Waals surface area contributed by atoms with Gasteiger partial charge in [-0.3, -0.25) is 0 Å². The zero-order valence-corrected chi connectivity index (χ0v) is 14.3. The van der Waals surface area contributed by atoms with Crippen molar-refractivity contribution in [2.24, 2.45) is 0 Å². The Morgan fingerprint density at radius 3 is 1.75 bits per heavy atom. The largest absolute Gasteiger partial charge is 0.0532 e. The molecule has 0 nitrogen and oxygen atoms in total. The van der Waals surface area contributed by atoms with Gasteiger partial charge in [-0.15, -0.1) is 0 Å². The summed E-state index contributed by atoms with van der Waals surface area (Å²) in [6.07, 6.45) is 0. The quantitative estimate of drug-likeness (QED) is 0.453. The summed E-state index contributed by atoms with van der Waals surface area (Å²) in [5.74, 6) is 0. The predicted octanol–water partition coefficient (Wildman–Crippen LogP) is 6.40. The molecule has 0 heterocycles. The average molecular weight is 470 g/mol. The van der Waals surface area contributed by atoms with Gasteiger partial charge in [0.25, 0.3) is 0 Å². The van der Waals surface area contributed by atoms with E-state index in [2.05, 4.69) is 88.0 Å². The second kappa shape index (κ2) is 5.34. The molecule has 0 aliphatic heterocycles. The summed E-state index contributed by atoms with van der Waals surface area (Å²) in [6.45, 7) is 0. The third kappa shape index (κ3) is 2.97. The summed E-state index contributed by atoms with van der Waals surface area (Å²) >= 11 is 14.0. The Balaban J connectivity index is 2.54. The number of rotatable bonds is 1. The molecule has 2 aromatic carbocycles. The average Bonchev–Trinajstić information content (AvgIpc) is 2.20. The van der Waals surface area contributed by atoms with Gasteiger partial charge in [0.05, 0.1) is 0 Å². The van der Waals surface area contributed by atoms with Crippen molar-refractivity contribution < 1.29 is 0 Å². The molecule has 2 aromatic rings. The third-order valence-corrected chi connectivity index (χ3v) is 4.91. The molecule has 16 heavy (non-hydrogen) atoms. The van der Waals surface area contributed by atoms with Crippen LogP contribution < -0.4 is 0 Å². The Bertz CT molecular complexity index is 514. The van der Waals surface area contributed by atoms with Gasteiger partial charge in [0.1, 0.15) is 0 Å². The normalized spacial score (nSPS) is 10.5. The van der Waals surface area contributed by atoms with E-state index in [1.165, 1.54) is 11.1 Å². The molecule has 0 atom stereocenters. The van der Waals surface area contributed by atoms with Crippen molar-refractivity contribution in [1.82, 2.24) is 0 Å². The van der Waals surface area contributed by atoms with E-state index in [1.807, 2.05) is 12.1 Å². The molecular formula is C12H6Br4. The maximum atomic E-state index is 3.51. The van der Waals surface area contributed by atoms with Gasteiger partial charge in [-0.05, 0) is 73.3 Å². The first-order chi connectivity index (χ1) is 7.56. The Labute approximate surface area is 128 Å². The van der Waals surface area contributed by atoms with Gasteiger partial charge in [-0.25, -0.2) is 0 Å². The van der Waals surface area contributed by atoms with Crippen molar-refractivity contribution in [1.29, 1.82) is 0 Å². The van der Waals surface area contributed by atoms with Crippen molar-refractivity contribution in [2.75, 3.05) is 0 Å². The first kappa shape index (κ1) is 12.8. The molecule has 0 spiro atoms. The molecule has 0 saturated heterocycles. The zero-order valence-electron chi connectivity index (χ0n) is 7.98. The van der Waals surface area contributed by atoms with Crippen molar-refractivity contribution in [2.45, 2.75) is 0 Å². The van der Waals surface area contributed by atoms with Crippen LogP contribution in [0.15, 0.2) is 54.3 Å². The van der Waals surface area contributed by atoms with Crippen molar-refractivity contribution in [3.63, 3.8) is 0 Å². The first-order valence-electron chi connectivity index (χ1n) is 4.48. The van der Waals surface area contributed by atoms with Crippen LogP contribution in [-0.4, -0.2) is 0 Å². The molecule has 0 aromatic heterocycles. The molecule has 2 rings (SSSR count). The molecule has 0 bridgehead atoms. The molecule has 0 radical (unpaired) electrons. The minimum atomic E-state index is 1.06. The smallest absolute Gasteiger partial charge is 0.0323 e. The third-order valence-electron chi connectivity index (χ3n) is 2.12. The molecule has 82 valence electrons. The number of hydrogen-bond donors (Lipinski definition) is 0. The van der Waals surface area contributed by atoms with Crippen LogP contribution in [-0.2, 0) is 0 Å². The van der Waals surface area contributed by atoms with Gasteiger partial charge < -0.3 is 0 Å². The Kier molecular flexibility index (Phi) is 4.27. The maximum Gasteiger partial charge on any atom is 0.0323 e. The molecule has 0 amide bonds. The first-order valence-corrected chi connectivity index (χ1v) is 7.65. The van der Waals surface area contributed by atoms with E-state index in [0.717, 1.165) is 17.9 Å². The predicted molar refractivity (Wildman–Crippen MR) is 82.7 cm³/mol. The summed E-state index contributed by atoms with van der Waals surface area (Å²) in [5.41, 5.74) is 2.35. The van der Waals surface area contributed by atoms with Crippen LogP contribution >= 0.6 is 63.7 Å². The molecule has 0 N–H and O–H groups in total. The number of hydrogen-bond acceptors (Lipinski definition) is 0. The highest BCUT2D eigenvalue weighted by Gasteiger charge is 2.03. The van der Waals surface area contributed by atoms with E-state index >= 15 is 0 Å². The molecular weight excluding hydrogens is 464 g/mol. The van der Waals surface area contributed by atoms with Crippen LogP contribution in [0.5, 0.6) is 0 Å². The highest BCUT2D eigenvalue weighted by Crippen LogP contribution is 2.32. The minimum absolute atomic E-state index is 1.06. The van der Waals surface area contributed by atoms with Crippen LogP contribution in [0.2, 0.25) is 0 Å². The summed E-state index contributed by atoms with van der Waals surface area (Å²) in [6, 6.07) is 12.4. The Morgan fingerprint density at radius 2 is 1.19 bits per heavy atom. The van der Waals surface area contributed by atoms with Gasteiger partial charge in [0.15, 0.2) is 0 Å². The second-order valence-corrected chi connectivity index (χ2v) is 6.83. The molecule has 0 aliphatic carbocycles. The molecule has 0 fully saturated rings.